The van der Waals surface area contributed by atoms with E-state index in [0.29, 0.717) is 0 Å². The molecule has 0 amide bonds. The topological polar surface area (TPSA) is 71.2 Å². The zero-order valence-corrected chi connectivity index (χ0v) is 13.8. The van der Waals surface area contributed by atoms with Gasteiger partial charge in [0.05, 0.1) is 5.52 Å². The van der Waals surface area contributed by atoms with Gasteiger partial charge in [-0.1, -0.05) is 0 Å². The smallest absolute Gasteiger partial charge is 0.153 e. The van der Waals surface area contributed by atoms with Crippen LogP contribution in [0.4, 0.5) is 5.82 Å². The number of pyridine rings is 2. The molecular formula is C17H19N7. The lowest BCUT2D eigenvalue weighted by Crippen LogP contribution is -2.16. The maximum atomic E-state index is 4.79. The molecule has 0 spiro atoms. The maximum absolute atomic E-state index is 4.79. The maximum Gasteiger partial charge on any atom is 0.153 e. The Morgan fingerprint density at radius 3 is 2.88 bits per heavy atom. The largest absolute Gasteiger partial charge is 0.368 e. The first-order valence-electron chi connectivity index (χ1n) is 7.98. The molecule has 4 aromatic heterocycles. The Labute approximate surface area is 139 Å². The van der Waals surface area contributed by atoms with Crippen molar-refractivity contribution in [2.24, 2.45) is 0 Å². The standard InChI is InChI=1S/C17H19N7/c1-23(2)9-3-6-20-17-16-15(12-10-18-7-4-13(12)21-17)22-14-5-8-19-11-24(14)16/h4-5,7-8,10-11H,3,6,9H2,1-2H3,(H,20,21). The second-order valence-corrected chi connectivity index (χ2v) is 6.05. The van der Waals surface area contributed by atoms with E-state index in [-0.39, 0.29) is 0 Å². The van der Waals surface area contributed by atoms with Gasteiger partial charge in [0.2, 0.25) is 0 Å². The molecule has 4 rings (SSSR count). The minimum Gasteiger partial charge on any atom is -0.368 e. The number of hydrogen-bond donors (Lipinski definition) is 1. The fourth-order valence-corrected chi connectivity index (χ4v) is 2.88. The highest BCUT2D eigenvalue weighted by Gasteiger charge is 2.14. The van der Waals surface area contributed by atoms with Crippen LogP contribution in [0.2, 0.25) is 0 Å². The molecule has 24 heavy (non-hydrogen) atoms. The number of rotatable bonds is 5. The summed E-state index contributed by atoms with van der Waals surface area (Å²) in [4.78, 5) is 20.2. The lowest BCUT2D eigenvalue weighted by molar-refractivity contribution is 0.405. The van der Waals surface area contributed by atoms with E-state index in [1.807, 2.05) is 22.7 Å². The van der Waals surface area contributed by atoms with Crippen molar-refractivity contribution in [2.45, 2.75) is 6.42 Å². The Morgan fingerprint density at radius 2 is 2.00 bits per heavy atom. The first-order valence-corrected chi connectivity index (χ1v) is 7.98. The van der Waals surface area contributed by atoms with Gasteiger partial charge in [0.25, 0.3) is 0 Å². The second kappa shape index (κ2) is 6.01. The van der Waals surface area contributed by atoms with E-state index in [4.69, 9.17) is 9.97 Å². The molecule has 4 aromatic rings. The molecule has 0 aliphatic rings. The van der Waals surface area contributed by atoms with E-state index in [1.54, 1.807) is 18.7 Å². The molecule has 0 bridgehead atoms. The van der Waals surface area contributed by atoms with Crippen LogP contribution in [0.3, 0.4) is 0 Å². The molecule has 1 N–H and O–H groups in total. The van der Waals surface area contributed by atoms with Crippen LogP contribution < -0.4 is 5.32 Å². The number of nitrogens with one attached hydrogen (secondary N) is 1. The summed E-state index contributed by atoms with van der Waals surface area (Å²) in [5, 5.41) is 4.42. The summed E-state index contributed by atoms with van der Waals surface area (Å²) in [6.07, 6.45) is 8.15. The molecule has 4 heterocycles. The van der Waals surface area contributed by atoms with Crippen molar-refractivity contribution in [1.29, 1.82) is 0 Å². The predicted octanol–water partition coefficient (Wildman–Crippen LogP) is 2.19. The molecule has 7 nitrogen and oxygen atoms in total. The molecular weight excluding hydrogens is 302 g/mol. The van der Waals surface area contributed by atoms with Crippen molar-refractivity contribution < 1.29 is 0 Å². The Morgan fingerprint density at radius 1 is 1.12 bits per heavy atom. The van der Waals surface area contributed by atoms with Crippen molar-refractivity contribution >= 4 is 33.4 Å². The molecule has 122 valence electrons. The molecule has 0 saturated carbocycles. The number of hydrogen-bond acceptors (Lipinski definition) is 6. The zero-order valence-electron chi connectivity index (χ0n) is 13.8. The molecule has 7 heteroatoms. The summed E-state index contributed by atoms with van der Waals surface area (Å²) >= 11 is 0. The first-order chi connectivity index (χ1) is 11.7. The summed E-state index contributed by atoms with van der Waals surface area (Å²) in [7, 11) is 4.16. The van der Waals surface area contributed by atoms with Gasteiger partial charge in [-0.3, -0.25) is 9.38 Å². The van der Waals surface area contributed by atoms with Crippen LogP contribution in [-0.2, 0) is 0 Å². The number of fused-ring (bicyclic) bond motifs is 5. The number of nitrogens with zero attached hydrogens (tertiary/aromatic N) is 6. The Hall–Kier alpha value is -2.80. The summed E-state index contributed by atoms with van der Waals surface area (Å²) in [6.45, 7) is 1.88. The van der Waals surface area contributed by atoms with Crippen LogP contribution in [0.25, 0.3) is 27.6 Å². The van der Waals surface area contributed by atoms with Gasteiger partial charge < -0.3 is 10.2 Å². The van der Waals surface area contributed by atoms with Crippen molar-refractivity contribution in [1.82, 2.24) is 29.2 Å². The van der Waals surface area contributed by atoms with Gasteiger partial charge in [-0.05, 0) is 39.2 Å². The average Bonchev–Trinajstić information content (AvgIpc) is 2.98. The van der Waals surface area contributed by atoms with E-state index >= 15 is 0 Å². The third-order valence-electron chi connectivity index (χ3n) is 4.01. The Kier molecular flexibility index (Phi) is 3.70. The van der Waals surface area contributed by atoms with Crippen molar-refractivity contribution in [3.8, 4) is 0 Å². The van der Waals surface area contributed by atoms with Crippen molar-refractivity contribution in [2.75, 3.05) is 32.5 Å². The lowest BCUT2D eigenvalue weighted by Gasteiger charge is -2.11. The van der Waals surface area contributed by atoms with E-state index < -0.39 is 0 Å². The average molecular weight is 321 g/mol. The van der Waals surface area contributed by atoms with Gasteiger partial charge in [0.15, 0.2) is 5.82 Å². The highest BCUT2D eigenvalue weighted by atomic mass is 15.1. The third-order valence-corrected chi connectivity index (χ3v) is 4.01. The monoisotopic (exact) mass is 321 g/mol. The highest BCUT2D eigenvalue weighted by molar-refractivity contribution is 6.07. The normalized spacial score (nSPS) is 11.8. The van der Waals surface area contributed by atoms with Crippen LogP contribution in [0.1, 0.15) is 6.42 Å². The van der Waals surface area contributed by atoms with Gasteiger partial charge in [-0.25, -0.2) is 15.0 Å². The Balaban J connectivity index is 1.86. The van der Waals surface area contributed by atoms with Crippen LogP contribution in [0.15, 0.2) is 37.1 Å². The summed E-state index contributed by atoms with van der Waals surface area (Å²) in [5.74, 6) is 0.836. The molecule has 0 aliphatic heterocycles. The van der Waals surface area contributed by atoms with Crippen LogP contribution in [0.5, 0.6) is 0 Å². The molecule has 0 saturated heterocycles. The molecule has 0 unspecified atom stereocenters. The summed E-state index contributed by atoms with van der Waals surface area (Å²) in [5.41, 5.74) is 3.60. The second-order valence-electron chi connectivity index (χ2n) is 6.05. The molecule has 0 radical (unpaired) electrons. The fraction of sp³-hybridized carbons (Fsp3) is 0.294. The zero-order chi connectivity index (χ0) is 16.5. The highest BCUT2D eigenvalue weighted by Crippen LogP contribution is 2.29. The first kappa shape index (κ1) is 14.8. The van der Waals surface area contributed by atoms with Crippen LogP contribution >= 0.6 is 0 Å². The fourth-order valence-electron chi connectivity index (χ4n) is 2.88. The van der Waals surface area contributed by atoms with Gasteiger partial charge in [0.1, 0.15) is 23.0 Å². The van der Waals surface area contributed by atoms with E-state index in [2.05, 4.69) is 34.3 Å². The third kappa shape index (κ3) is 2.52. The lowest BCUT2D eigenvalue weighted by atomic mass is 10.2. The summed E-state index contributed by atoms with van der Waals surface area (Å²) < 4.78 is 1.98. The van der Waals surface area contributed by atoms with Gasteiger partial charge in [-0.2, -0.15) is 0 Å². The Bertz CT molecular complexity index is 1010. The quantitative estimate of drug-likeness (QED) is 0.568. The SMILES string of the molecule is CN(C)CCCNc1nc2ccncc2c2nc3ccncn3c12. The molecule has 0 aromatic carbocycles. The molecule has 0 atom stereocenters. The van der Waals surface area contributed by atoms with E-state index in [9.17, 15) is 0 Å². The minimum absolute atomic E-state index is 0.836. The van der Waals surface area contributed by atoms with Crippen molar-refractivity contribution in [3.63, 3.8) is 0 Å². The number of anilines is 1. The number of aromatic nitrogens is 5. The minimum atomic E-state index is 0.836. The molecule has 0 fully saturated rings. The molecule has 0 aliphatic carbocycles. The predicted molar refractivity (Wildman–Crippen MR) is 95.2 cm³/mol. The van der Waals surface area contributed by atoms with Crippen molar-refractivity contribution in [3.05, 3.63) is 37.1 Å². The van der Waals surface area contributed by atoms with Gasteiger partial charge in [-0.15, -0.1) is 0 Å². The van der Waals surface area contributed by atoms with E-state index in [1.165, 1.54) is 0 Å². The summed E-state index contributed by atoms with van der Waals surface area (Å²) in [6, 6.07) is 3.82. The van der Waals surface area contributed by atoms with Gasteiger partial charge >= 0.3 is 0 Å². The van der Waals surface area contributed by atoms with Crippen LogP contribution in [0, 0.1) is 0 Å². The number of imidazole rings is 1. The van der Waals surface area contributed by atoms with Crippen LogP contribution in [-0.4, -0.2) is 56.4 Å². The van der Waals surface area contributed by atoms with E-state index in [0.717, 1.165) is 52.9 Å². The van der Waals surface area contributed by atoms with Gasteiger partial charge in [0, 0.05) is 30.5 Å².